The number of carbonyl (C=O) groups is 2. The van der Waals surface area contributed by atoms with E-state index in [1.807, 2.05) is 0 Å². The number of cyclic esters (lactones) is 1. The minimum Gasteiger partial charge on any atom is -0.481 e. The van der Waals surface area contributed by atoms with Crippen LogP contribution in [0.2, 0.25) is 10.0 Å². The summed E-state index contributed by atoms with van der Waals surface area (Å²) < 4.78 is 4.99. The molecular formula is C11H8Cl2O4. The Bertz CT molecular complexity index is 486. The molecular weight excluding hydrogens is 267 g/mol. The summed E-state index contributed by atoms with van der Waals surface area (Å²) in [7, 11) is 0. The van der Waals surface area contributed by atoms with Gasteiger partial charge in [-0.15, -0.1) is 0 Å². The molecule has 0 unspecified atom stereocenters. The number of ether oxygens (including phenoxy) is 1. The summed E-state index contributed by atoms with van der Waals surface area (Å²) in [6.07, 6.45) is -0.983. The summed E-state index contributed by atoms with van der Waals surface area (Å²) in [5.74, 6) is -2.51. The Morgan fingerprint density at radius 1 is 1.41 bits per heavy atom. The summed E-state index contributed by atoms with van der Waals surface area (Å²) in [6, 6.07) is 4.64. The van der Waals surface area contributed by atoms with E-state index in [4.69, 9.17) is 33.0 Å². The molecule has 1 heterocycles. The first-order valence-electron chi connectivity index (χ1n) is 4.86. The number of benzene rings is 1. The van der Waals surface area contributed by atoms with Crippen molar-refractivity contribution in [1.82, 2.24) is 0 Å². The summed E-state index contributed by atoms with van der Waals surface area (Å²) >= 11 is 11.7. The third-order valence-electron chi connectivity index (χ3n) is 2.60. The van der Waals surface area contributed by atoms with E-state index in [1.165, 1.54) is 6.07 Å². The largest absolute Gasteiger partial charge is 0.481 e. The van der Waals surface area contributed by atoms with Crippen LogP contribution in [0.15, 0.2) is 18.2 Å². The van der Waals surface area contributed by atoms with E-state index < -0.39 is 24.0 Å². The van der Waals surface area contributed by atoms with Gasteiger partial charge in [-0.25, -0.2) is 0 Å². The van der Waals surface area contributed by atoms with Crippen LogP contribution in [0.25, 0.3) is 0 Å². The standard InChI is InChI=1S/C11H8Cl2O4/c12-5-1-2-6(8(13)3-5)10-7(11(15)16)4-9(14)17-10/h1-3,7,10H,4H2,(H,15,16)/t7-,10+/m1/s1. The predicted molar refractivity (Wildman–Crippen MR) is 61.0 cm³/mol. The van der Waals surface area contributed by atoms with Crippen molar-refractivity contribution in [3.63, 3.8) is 0 Å². The average molecular weight is 275 g/mol. The summed E-state index contributed by atoms with van der Waals surface area (Å²) in [4.78, 5) is 22.2. The molecule has 2 atom stereocenters. The lowest BCUT2D eigenvalue weighted by molar-refractivity contribution is -0.144. The van der Waals surface area contributed by atoms with Gasteiger partial charge in [0.15, 0.2) is 0 Å². The molecule has 0 aromatic heterocycles. The highest BCUT2D eigenvalue weighted by Crippen LogP contribution is 2.39. The topological polar surface area (TPSA) is 63.6 Å². The van der Waals surface area contributed by atoms with Crippen molar-refractivity contribution in [1.29, 1.82) is 0 Å². The first-order chi connectivity index (χ1) is 7.99. The van der Waals surface area contributed by atoms with Crippen LogP contribution < -0.4 is 0 Å². The maximum Gasteiger partial charge on any atom is 0.311 e. The van der Waals surface area contributed by atoms with E-state index in [9.17, 15) is 9.59 Å². The fourth-order valence-electron chi connectivity index (χ4n) is 1.79. The Morgan fingerprint density at radius 3 is 2.71 bits per heavy atom. The molecule has 1 saturated heterocycles. The smallest absolute Gasteiger partial charge is 0.311 e. The van der Waals surface area contributed by atoms with E-state index in [0.717, 1.165) is 0 Å². The van der Waals surface area contributed by atoms with Gasteiger partial charge in [-0.05, 0) is 12.1 Å². The van der Waals surface area contributed by atoms with E-state index in [1.54, 1.807) is 12.1 Å². The van der Waals surface area contributed by atoms with Crippen LogP contribution >= 0.6 is 23.2 Å². The van der Waals surface area contributed by atoms with Gasteiger partial charge in [-0.1, -0.05) is 29.3 Å². The third kappa shape index (κ3) is 2.37. The van der Waals surface area contributed by atoms with E-state index >= 15 is 0 Å². The molecule has 1 aromatic carbocycles. The number of aliphatic carboxylic acids is 1. The van der Waals surface area contributed by atoms with Gasteiger partial charge in [-0.3, -0.25) is 9.59 Å². The van der Waals surface area contributed by atoms with Gasteiger partial charge < -0.3 is 9.84 Å². The Labute approximate surface area is 107 Å². The van der Waals surface area contributed by atoms with E-state index in [2.05, 4.69) is 0 Å². The zero-order valence-corrected chi connectivity index (χ0v) is 10.0. The molecule has 0 saturated carbocycles. The molecule has 0 bridgehead atoms. The number of hydrogen-bond acceptors (Lipinski definition) is 3. The number of carboxylic acids is 1. The Balaban J connectivity index is 2.38. The average Bonchev–Trinajstić information content (AvgIpc) is 2.60. The number of carboxylic acid groups (broad SMARTS) is 1. The molecule has 90 valence electrons. The van der Waals surface area contributed by atoms with Gasteiger partial charge in [0.1, 0.15) is 12.0 Å². The van der Waals surface area contributed by atoms with Crippen molar-refractivity contribution in [2.75, 3.05) is 0 Å². The molecule has 0 spiro atoms. The number of carbonyl (C=O) groups excluding carboxylic acids is 1. The second-order valence-corrected chi connectivity index (χ2v) is 4.57. The van der Waals surface area contributed by atoms with Crippen molar-refractivity contribution in [3.05, 3.63) is 33.8 Å². The molecule has 2 rings (SSSR count). The van der Waals surface area contributed by atoms with Crippen LogP contribution in [0.1, 0.15) is 18.1 Å². The van der Waals surface area contributed by atoms with Gasteiger partial charge in [0.2, 0.25) is 0 Å². The first kappa shape index (κ1) is 12.2. The van der Waals surface area contributed by atoms with E-state index in [-0.39, 0.29) is 6.42 Å². The minimum absolute atomic E-state index is 0.140. The van der Waals surface area contributed by atoms with Gasteiger partial charge in [-0.2, -0.15) is 0 Å². The highest BCUT2D eigenvalue weighted by molar-refractivity contribution is 6.35. The Hall–Kier alpha value is -1.26. The SMILES string of the molecule is O=C1C[C@@H](C(=O)O)[C@H](c2ccc(Cl)cc2Cl)O1. The second-order valence-electron chi connectivity index (χ2n) is 3.73. The molecule has 1 aromatic rings. The van der Waals surface area contributed by atoms with Crippen LogP contribution in [0.5, 0.6) is 0 Å². The van der Waals surface area contributed by atoms with Crippen molar-refractivity contribution < 1.29 is 19.4 Å². The summed E-state index contributed by atoms with van der Waals surface area (Å²) in [5, 5.41) is 9.74. The van der Waals surface area contributed by atoms with Crippen LogP contribution in [0.4, 0.5) is 0 Å². The predicted octanol–water partition coefficient (Wildman–Crippen LogP) is 2.68. The molecule has 1 fully saturated rings. The summed E-state index contributed by atoms with van der Waals surface area (Å²) in [6.45, 7) is 0. The highest BCUT2D eigenvalue weighted by Gasteiger charge is 2.41. The number of rotatable bonds is 2. The fourth-order valence-corrected chi connectivity index (χ4v) is 2.30. The van der Waals surface area contributed by atoms with E-state index in [0.29, 0.717) is 15.6 Å². The minimum atomic E-state index is -1.08. The normalized spacial score (nSPS) is 23.5. The lowest BCUT2D eigenvalue weighted by atomic mass is 9.95. The quantitative estimate of drug-likeness (QED) is 0.843. The van der Waals surface area contributed by atoms with Crippen LogP contribution in [0, 0.1) is 5.92 Å². The molecule has 1 N–H and O–H groups in total. The zero-order chi connectivity index (χ0) is 12.6. The van der Waals surface area contributed by atoms with Crippen LogP contribution in [0.3, 0.4) is 0 Å². The molecule has 0 radical (unpaired) electrons. The number of halogens is 2. The lowest BCUT2D eigenvalue weighted by Gasteiger charge is -2.15. The Kier molecular flexibility index (Phi) is 3.26. The Morgan fingerprint density at radius 2 is 2.12 bits per heavy atom. The molecule has 0 amide bonds. The monoisotopic (exact) mass is 274 g/mol. The molecule has 0 aliphatic carbocycles. The molecule has 1 aliphatic rings. The molecule has 4 nitrogen and oxygen atoms in total. The van der Waals surface area contributed by atoms with Gasteiger partial charge in [0.05, 0.1) is 6.42 Å². The zero-order valence-electron chi connectivity index (χ0n) is 8.52. The molecule has 1 aliphatic heterocycles. The first-order valence-corrected chi connectivity index (χ1v) is 5.62. The van der Waals surface area contributed by atoms with Crippen molar-refractivity contribution >= 4 is 35.1 Å². The molecule has 6 heteroatoms. The maximum atomic E-state index is 11.2. The van der Waals surface area contributed by atoms with Crippen molar-refractivity contribution in [3.8, 4) is 0 Å². The number of esters is 1. The molecule has 17 heavy (non-hydrogen) atoms. The van der Waals surface area contributed by atoms with Gasteiger partial charge >= 0.3 is 11.9 Å². The van der Waals surface area contributed by atoms with Crippen molar-refractivity contribution in [2.45, 2.75) is 12.5 Å². The maximum absolute atomic E-state index is 11.2. The lowest BCUT2D eigenvalue weighted by Crippen LogP contribution is -2.17. The van der Waals surface area contributed by atoms with Gasteiger partial charge in [0, 0.05) is 15.6 Å². The summed E-state index contributed by atoms with van der Waals surface area (Å²) in [5.41, 5.74) is 0.467. The number of hydrogen-bond donors (Lipinski definition) is 1. The highest BCUT2D eigenvalue weighted by atomic mass is 35.5. The van der Waals surface area contributed by atoms with Crippen LogP contribution in [-0.2, 0) is 14.3 Å². The van der Waals surface area contributed by atoms with Gasteiger partial charge in [0.25, 0.3) is 0 Å². The third-order valence-corrected chi connectivity index (χ3v) is 3.16. The fraction of sp³-hybridized carbons (Fsp3) is 0.273. The second kappa shape index (κ2) is 4.55. The van der Waals surface area contributed by atoms with Crippen LogP contribution in [-0.4, -0.2) is 17.0 Å². The van der Waals surface area contributed by atoms with Crippen molar-refractivity contribution in [2.24, 2.45) is 5.92 Å².